The molecule has 1 aromatic heterocycles. The molecule has 0 aliphatic heterocycles. The van der Waals surface area contributed by atoms with Crippen LogP contribution in [0, 0.1) is 0 Å². The van der Waals surface area contributed by atoms with Gasteiger partial charge in [-0.2, -0.15) is 0 Å². The van der Waals surface area contributed by atoms with Crippen molar-refractivity contribution in [2.45, 2.75) is 32.7 Å². The number of hydrogen-bond donors (Lipinski definition) is 0. The molecule has 0 radical (unpaired) electrons. The highest BCUT2D eigenvalue weighted by Gasteiger charge is 2.21. The zero-order valence-electron chi connectivity index (χ0n) is 14.7. The molecule has 4 heteroatoms. The van der Waals surface area contributed by atoms with Crippen molar-refractivity contribution in [1.82, 2.24) is 14.9 Å². The Morgan fingerprint density at radius 1 is 1.00 bits per heavy atom. The Bertz CT molecular complexity index is 841. The molecule has 0 atom stereocenters. The highest BCUT2D eigenvalue weighted by molar-refractivity contribution is 6.04. The number of fused-ring (bicyclic) bond motifs is 1. The van der Waals surface area contributed by atoms with Crippen molar-refractivity contribution in [1.29, 1.82) is 0 Å². The second-order valence-corrected chi connectivity index (χ2v) is 6.41. The minimum atomic E-state index is 0.0224. The summed E-state index contributed by atoms with van der Waals surface area (Å²) >= 11 is 0. The molecule has 0 fully saturated rings. The van der Waals surface area contributed by atoms with Crippen LogP contribution in [0.4, 0.5) is 0 Å². The van der Waals surface area contributed by atoms with Crippen LogP contribution < -0.4 is 0 Å². The fourth-order valence-corrected chi connectivity index (χ4v) is 3.01. The first-order valence-corrected chi connectivity index (χ1v) is 8.71. The molecule has 128 valence electrons. The Balaban J connectivity index is 1.76. The predicted molar refractivity (Wildman–Crippen MR) is 100 cm³/mol. The number of amides is 1. The van der Waals surface area contributed by atoms with E-state index < -0.39 is 0 Å². The summed E-state index contributed by atoms with van der Waals surface area (Å²) in [6, 6.07) is 16.1. The quantitative estimate of drug-likeness (QED) is 0.682. The molecule has 25 heavy (non-hydrogen) atoms. The van der Waals surface area contributed by atoms with Gasteiger partial charge >= 0.3 is 0 Å². The average Bonchev–Trinajstić information content (AvgIpc) is 2.65. The highest BCUT2D eigenvalue weighted by atomic mass is 16.2. The van der Waals surface area contributed by atoms with Gasteiger partial charge < -0.3 is 4.90 Å². The first-order chi connectivity index (χ1) is 12.2. The van der Waals surface area contributed by atoms with E-state index in [0.29, 0.717) is 11.1 Å². The molecule has 1 heterocycles. The number of carbonyl (C=O) groups excluding carboxylic acids is 1. The van der Waals surface area contributed by atoms with Gasteiger partial charge in [0, 0.05) is 25.0 Å². The lowest BCUT2D eigenvalue weighted by Gasteiger charge is -2.27. The number of benzene rings is 2. The summed E-state index contributed by atoms with van der Waals surface area (Å²) in [6.07, 6.45) is 5.18. The lowest BCUT2D eigenvalue weighted by atomic mass is 10.1. The summed E-state index contributed by atoms with van der Waals surface area (Å²) in [6.45, 7) is 4.83. The third-order valence-electron chi connectivity index (χ3n) is 4.32. The topological polar surface area (TPSA) is 46.1 Å². The van der Waals surface area contributed by atoms with E-state index >= 15 is 0 Å². The molecule has 1 amide bonds. The monoisotopic (exact) mass is 333 g/mol. The molecular formula is C21H23N3O. The molecule has 0 N–H and O–H groups in total. The molecule has 0 aliphatic carbocycles. The number of nitrogens with zero attached hydrogens (tertiary/aromatic N) is 3. The van der Waals surface area contributed by atoms with Crippen LogP contribution in [0.15, 0.2) is 60.9 Å². The fourth-order valence-electron chi connectivity index (χ4n) is 3.01. The summed E-state index contributed by atoms with van der Waals surface area (Å²) < 4.78 is 0. The zero-order chi connectivity index (χ0) is 17.6. The van der Waals surface area contributed by atoms with Gasteiger partial charge in [0.05, 0.1) is 11.1 Å². The lowest BCUT2D eigenvalue weighted by Crippen LogP contribution is -2.38. The smallest absolute Gasteiger partial charge is 0.256 e. The maximum Gasteiger partial charge on any atom is 0.256 e. The van der Waals surface area contributed by atoms with Crippen LogP contribution in [0.3, 0.4) is 0 Å². The van der Waals surface area contributed by atoms with Gasteiger partial charge in [-0.1, -0.05) is 36.4 Å². The lowest BCUT2D eigenvalue weighted by molar-refractivity contribution is 0.0705. The summed E-state index contributed by atoms with van der Waals surface area (Å²) in [5.41, 5.74) is 3.35. The second kappa shape index (κ2) is 7.88. The maximum absolute atomic E-state index is 13.1. The second-order valence-electron chi connectivity index (χ2n) is 6.41. The molecule has 3 rings (SSSR count). The van der Waals surface area contributed by atoms with E-state index in [0.717, 1.165) is 24.9 Å². The molecule has 3 aromatic rings. The van der Waals surface area contributed by atoms with Crippen molar-refractivity contribution in [3.05, 3.63) is 72.1 Å². The minimum absolute atomic E-state index is 0.0224. The van der Waals surface area contributed by atoms with Crippen molar-refractivity contribution < 1.29 is 4.79 Å². The number of hydrogen-bond acceptors (Lipinski definition) is 3. The molecule has 0 saturated heterocycles. The normalized spacial score (nSPS) is 11.0. The van der Waals surface area contributed by atoms with Crippen LogP contribution in [-0.2, 0) is 6.42 Å². The van der Waals surface area contributed by atoms with Gasteiger partial charge in [-0.15, -0.1) is 0 Å². The first-order valence-electron chi connectivity index (χ1n) is 8.71. The summed E-state index contributed by atoms with van der Waals surface area (Å²) in [4.78, 5) is 23.7. The van der Waals surface area contributed by atoms with Crippen molar-refractivity contribution in [2.75, 3.05) is 6.54 Å². The largest absolute Gasteiger partial charge is 0.336 e. The number of aryl methyl sites for hydroxylation is 1. The molecule has 0 spiro atoms. The van der Waals surface area contributed by atoms with E-state index in [2.05, 4.69) is 48.1 Å². The first kappa shape index (κ1) is 17.1. The Labute approximate surface area is 148 Å². The van der Waals surface area contributed by atoms with E-state index in [1.54, 1.807) is 12.4 Å². The Kier molecular flexibility index (Phi) is 5.39. The number of para-hydroxylation sites is 1. The van der Waals surface area contributed by atoms with Gasteiger partial charge in [-0.3, -0.25) is 14.8 Å². The molecule has 2 aromatic carbocycles. The third-order valence-corrected chi connectivity index (χ3v) is 4.32. The van der Waals surface area contributed by atoms with Gasteiger partial charge in [-0.25, -0.2) is 0 Å². The standard InChI is InChI=1S/C21H23N3O/c1-16(2)24(15-7-10-17-8-4-3-5-9-17)21(25)18-11-6-12-19-20(18)23-14-13-22-19/h3-6,8-9,11-14,16H,7,10,15H2,1-2H3. The summed E-state index contributed by atoms with van der Waals surface area (Å²) in [5.74, 6) is 0.0224. The Morgan fingerprint density at radius 3 is 2.52 bits per heavy atom. The molecule has 0 saturated carbocycles. The zero-order valence-corrected chi connectivity index (χ0v) is 14.7. The van der Waals surface area contributed by atoms with Crippen LogP contribution in [-0.4, -0.2) is 33.4 Å². The van der Waals surface area contributed by atoms with Crippen LogP contribution in [0.1, 0.15) is 36.2 Å². The number of rotatable bonds is 6. The molecule has 0 bridgehead atoms. The Hall–Kier alpha value is -2.75. The number of carbonyl (C=O) groups is 1. The minimum Gasteiger partial charge on any atom is -0.336 e. The van der Waals surface area contributed by atoms with E-state index in [1.165, 1.54) is 5.56 Å². The van der Waals surface area contributed by atoms with Crippen LogP contribution in [0.25, 0.3) is 11.0 Å². The van der Waals surface area contributed by atoms with Crippen molar-refractivity contribution in [3.63, 3.8) is 0 Å². The Morgan fingerprint density at radius 2 is 1.76 bits per heavy atom. The SMILES string of the molecule is CC(C)N(CCCc1ccccc1)C(=O)c1cccc2nccnc12. The summed E-state index contributed by atoms with van der Waals surface area (Å²) in [5, 5.41) is 0. The highest BCUT2D eigenvalue weighted by Crippen LogP contribution is 2.18. The molecule has 0 unspecified atom stereocenters. The van der Waals surface area contributed by atoms with Crippen molar-refractivity contribution in [2.24, 2.45) is 0 Å². The van der Waals surface area contributed by atoms with Gasteiger partial charge in [0.25, 0.3) is 5.91 Å². The van der Waals surface area contributed by atoms with Crippen molar-refractivity contribution in [3.8, 4) is 0 Å². The van der Waals surface area contributed by atoms with Gasteiger partial charge in [0.15, 0.2) is 0 Å². The van der Waals surface area contributed by atoms with Crippen LogP contribution in [0.5, 0.6) is 0 Å². The van der Waals surface area contributed by atoms with E-state index in [9.17, 15) is 4.79 Å². The van der Waals surface area contributed by atoms with E-state index in [-0.39, 0.29) is 11.9 Å². The van der Waals surface area contributed by atoms with Crippen molar-refractivity contribution >= 4 is 16.9 Å². The van der Waals surface area contributed by atoms with Gasteiger partial charge in [0.2, 0.25) is 0 Å². The maximum atomic E-state index is 13.1. The fraction of sp³-hybridized carbons (Fsp3) is 0.286. The third kappa shape index (κ3) is 4.02. The molecule has 0 aliphatic rings. The summed E-state index contributed by atoms with van der Waals surface area (Å²) in [7, 11) is 0. The predicted octanol–water partition coefficient (Wildman–Crippen LogP) is 4.11. The average molecular weight is 333 g/mol. The van der Waals surface area contributed by atoms with Crippen LogP contribution in [0.2, 0.25) is 0 Å². The van der Waals surface area contributed by atoms with Crippen LogP contribution >= 0.6 is 0 Å². The van der Waals surface area contributed by atoms with Gasteiger partial charge in [-0.05, 0) is 44.4 Å². The van der Waals surface area contributed by atoms with E-state index in [4.69, 9.17) is 0 Å². The number of aromatic nitrogens is 2. The van der Waals surface area contributed by atoms with E-state index in [1.807, 2.05) is 29.2 Å². The molecular weight excluding hydrogens is 310 g/mol. The molecule has 4 nitrogen and oxygen atoms in total. The van der Waals surface area contributed by atoms with Gasteiger partial charge in [0.1, 0.15) is 5.52 Å².